The van der Waals surface area contributed by atoms with Gasteiger partial charge in [0.25, 0.3) is 0 Å². The van der Waals surface area contributed by atoms with Gasteiger partial charge in [-0.15, -0.1) is 0 Å². The topological polar surface area (TPSA) is 24.9 Å². The Labute approximate surface area is 79.7 Å². The van der Waals surface area contributed by atoms with E-state index in [1.165, 1.54) is 0 Å². The van der Waals surface area contributed by atoms with Gasteiger partial charge >= 0.3 is 0 Å². The predicted octanol–water partition coefficient (Wildman–Crippen LogP) is 1.95. The molecule has 0 fully saturated rings. The van der Waals surface area contributed by atoms with Crippen molar-refractivity contribution in [3.05, 3.63) is 36.2 Å². The van der Waals surface area contributed by atoms with Gasteiger partial charge in [-0.1, -0.05) is 25.1 Å². The summed E-state index contributed by atoms with van der Waals surface area (Å²) in [6, 6.07) is 4.00. The average molecular weight is 176 g/mol. The normalized spacial score (nSPS) is 13.4. The molecule has 2 nitrogen and oxygen atoms in total. The highest BCUT2D eigenvalue weighted by Gasteiger charge is 1.92. The van der Waals surface area contributed by atoms with Gasteiger partial charge < -0.3 is 5.32 Å². The van der Waals surface area contributed by atoms with Gasteiger partial charge in [0.15, 0.2) is 0 Å². The lowest BCUT2D eigenvalue weighted by molar-refractivity contribution is 0.652. The minimum absolute atomic E-state index is 0.560. The van der Waals surface area contributed by atoms with Gasteiger partial charge in [0.2, 0.25) is 0 Å². The van der Waals surface area contributed by atoms with Crippen LogP contribution in [0.5, 0.6) is 0 Å². The van der Waals surface area contributed by atoms with Crippen molar-refractivity contribution >= 4 is 6.08 Å². The fraction of sp³-hybridized carbons (Fsp3) is 0.364. The first-order chi connectivity index (χ1) is 6.33. The molecule has 1 rings (SSSR count). The van der Waals surface area contributed by atoms with Gasteiger partial charge in [0.1, 0.15) is 0 Å². The Balaban J connectivity index is 2.49. The first-order valence-corrected chi connectivity index (χ1v) is 4.55. The molecule has 0 aliphatic carbocycles. The van der Waals surface area contributed by atoms with Crippen LogP contribution in [0.15, 0.2) is 30.6 Å². The quantitative estimate of drug-likeness (QED) is 0.758. The van der Waals surface area contributed by atoms with E-state index < -0.39 is 0 Å². The maximum atomic E-state index is 4.04. The minimum atomic E-state index is 0.560. The van der Waals surface area contributed by atoms with Crippen LogP contribution in [0.2, 0.25) is 0 Å². The van der Waals surface area contributed by atoms with Crippen LogP contribution in [-0.2, 0) is 0 Å². The second kappa shape index (κ2) is 5.49. The fourth-order valence-electron chi connectivity index (χ4n) is 1.14. The van der Waals surface area contributed by atoms with E-state index in [1.807, 2.05) is 19.3 Å². The molecule has 0 aliphatic heterocycles. The van der Waals surface area contributed by atoms with E-state index in [9.17, 15) is 0 Å². The largest absolute Gasteiger partial charge is 0.319 e. The number of rotatable bonds is 4. The summed E-state index contributed by atoms with van der Waals surface area (Å²) in [6.07, 6.45) is 7.94. The second-order valence-electron chi connectivity index (χ2n) is 3.18. The molecule has 1 atom stereocenters. The van der Waals surface area contributed by atoms with Crippen molar-refractivity contribution in [2.75, 3.05) is 13.6 Å². The van der Waals surface area contributed by atoms with Crippen LogP contribution in [0.1, 0.15) is 12.5 Å². The van der Waals surface area contributed by atoms with Crippen LogP contribution in [0.25, 0.3) is 6.08 Å². The van der Waals surface area contributed by atoms with Crippen LogP contribution in [0, 0.1) is 5.92 Å². The maximum Gasteiger partial charge on any atom is 0.0340 e. The van der Waals surface area contributed by atoms with Crippen LogP contribution in [-0.4, -0.2) is 18.6 Å². The number of hydrogen-bond acceptors (Lipinski definition) is 2. The summed E-state index contributed by atoms with van der Waals surface area (Å²) in [5.41, 5.74) is 1.16. The van der Waals surface area contributed by atoms with Crippen molar-refractivity contribution in [3.8, 4) is 0 Å². The Morgan fingerprint density at radius 2 is 2.46 bits per heavy atom. The first kappa shape index (κ1) is 9.93. The van der Waals surface area contributed by atoms with Gasteiger partial charge in [-0.2, -0.15) is 0 Å². The van der Waals surface area contributed by atoms with E-state index in [2.05, 4.69) is 35.4 Å². The van der Waals surface area contributed by atoms with Crippen LogP contribution >= 0.6 is 0 Å². The van der Waals surface area contributed by atoms with E-state index in [4.69, 9.17) is 0 Å². The van der Waals surface area contributed by atoms with Gasteiger partial charge in [-0.3, -0.25) is 4.98 Å². The molecule has 0 saturated carbocycles. The Morgan fingerprint density at radius 1 is 1.62 bits per heavy atom. The van der Waals surface area contributed by atoms with Crippen molar-refractivity contribution in [1.29, 1.82) is 0 Å². The molecule has 2 heteroatoms. The molecular weight excluding hydrogens is 160 g/mol. The molecule has 0 spiro atoms. The summed E-state index contributed by atoms with van der Waals surface area (Å²) in [5.74, 6) is 0.560. The lowest BCUT2D eigenvalue weighted by Gasteiger charge is -2.03. The van der Waals surface area contributed by atoms with Crippen molar-refractivity contribution < 1.29 is 0 Å². The van der Waals surface area contributed by atoms with Crippen molar-refractivity contribution in [3.63, 3.8) is 0 Å². The smallest absolute Gasteiger partial charge is 0.0340 e. The van der Waals surface area contributed by atoms with E-state index in [1.54, 1.807) is 6.20 Å². The Hall–Kier alpha value is -1.15. The van der Waals surface area contributed by atoms with Crippen LogP contribution in [0.4, 0.5) is 0 Å². The maximum absolute atomic E-state index is 4.04. The summed E-state index contributed by atoms with van der Waals surface area (Å²) in [7, 11) is 1.97. The summed E-state index contributed by atoms with van der Waals surface area (Å²) in [6.45, 7) is 3.19. The van der Waals surface area contributed by atoms with Gasteiger partial charge in [0, 0.05) is 18.9 Å². The van der Waals surface area contributed by atoms with E-state index >= 15 is 0 Å². The summed E-state index contributed by atoms with van der Waals surface area (Å²) in [4.78, 5) is 4.04. The Kier molecular flexibility index (Phi) is 4.19. The molecule has 0 radical (unpaired) electrons. The Bertz CT molecular complexity index is 254. The molecule has 1 aromatic rings. The van der Waals surface area contributed by atoms with Gasteiger partial charge in [-0.05, 0) is 24.6 Å². The SMILES string of the molecule is CNCC(C)C=Cc1cccnc1. The van der Waals surface area contributed by atoms with E-state index in [0.29, 0.717) is 5.92 Å². The monoisotopic (exact) mass is 176 g/mol. The highest BCUT2D eigenvalue weighted by Crippen LogP contribution is 2.02. The molecular formula is C11H16N2. The molecule has 70 valence electrons. The molecule has 1 unspecified atom stereocenters. The summed E-state index contributed by atoms with van der Waals surface area (Å²) >= 11 is 0. The summed E-state index contributed by atoms with van der Waals surface area (Å²) in [5, 5.41) is 3.14. The van der Waals surface area contributed by atoms with E-state index in [0.717, 1.165) is 12.1 Å². The molecule has 13 heavy (non-hydrogen) atoms. The molecule has 0 aliphatic rings. The lowest BCUT2D eigenvalue weighted by atomic mass is 10.1. The third-order valence-corrected chi connectivity index (χ3v) is 1.83. The molecule has 0 amide bonds. The number of nitrogens with one attached hydrogen (secondary N) is 1. The highest BCUT2D eigenvalue weighted by molar-refractivity contribution is 5.47. The molecule has 0 bridgehead atoms. The first-order valence-electron chi connectivity index (χ1n) is 4.55. The molecule has 0 aromatic carbocycles. The lowest BCUT2D eigenvalue weighted by Crippen LogP contribution is -2.14. The summed E-state index contributed by atoms with van der Waals surface area (Å²) < 4.78 is 0. The van der Waals surface area contributed by atoms with Crippen molar-refractivity contribution in [2.45, 2.75) is 6.92 Å². The number of pyridine rings is 1. The number of hydrogen-bond donors (Lipinski definition) is 1. The van der Waals surface area contributed by atoms with Gasteiger partial charge in [0.05, 0.1) is 0 Å². The average Bonchev–Trinajstić information content (AvgIpc) is 2.17. The van der Waals surface area contributed by atoms with Gasteiger partial charge in [-0.25, -0.2) is 0 Å². The number of aromatic nitrogens is 1. The van der Waals surface area contributed by atoms with Crippen LogP contribution in [0.3, 0.4) is 0 Å². The molecule has 1 aromatic heterocycles. The zero-order valence-electron chi connectivity index (χ0n) is 8.20. The number of nitrogens with zero attached hydrogens (tertiary/aromatic N) is 1. The Morgan fingerprint density at radius 3 is 3.08 bits per heavy atom. The minimum Gasteiger partial charge on any atom is -0.319 e. The zero-order valence-corrected chi connectivity index (χ0v) is 8.20. The third kappa shape index (κ3) is 3.85. The molecule has 0 saturated heterocycles. The fourth-order valence-corrected chi connectivity index (χ4v) is 1.14. The van der Waals surface area contributed by atoms with Crippen LogP contribution < -0.4 is 5.32 Å². The highest BCUT2D eigenvalue weighted by atomic mass is 14.8. The third-order valence-electron chi connectivity index (χ3n) is 1.83. The standard InChI is InChI=1S/C11H16N2/c1-10(8-12-2)5-6-11-4-3-7-13-9-11/h3-7,9-10,12H,8H2,1-2H3. The predicted molar refractivity (Wildman–Crippen MR) is 56.4 cm³/mol. The molecule has 1 N–H and O–H groups in total. The van der Waals surface area contributed by atoms with Crippen molar-refractivity contribution in [2.24, 2.45) is 5.92 Å². The van der Waals surface area contributed by atoms with E-state index in [-0.39, 0.29) is 0 Å². The van der Waals surface area contributed by atoms with Crippen molar-refractivity contribution in [1.82, 2.24) is 10.3 Å². The zero-order chi connectivity index (χ0) is 9.52. The molecule has 1 heterocycles. The second-order valence-corrected chi connectivity index (χ2v) is 3.18.